The molecule has 0 aromatic heterocycles. The molecule has 0 radical (unpaired) electrons. The highest BCUT2D eigenvalue weighted by atomic mass is 32.2. The topological polar surface area (TPSA) is 137 Å². The lowest BCUT2D eigenvalue weighted by Crippen LogP contribution is -2.31. The second kappa shape index (κ2) is 16.5. The number of unbranched alkanes of at least 4 members (excludes halogenated alkanes) is 3. The molecule has 9 nitrogen and oxygen atoms in total. The number of anilines is 1. The fraction of sp³-hybridized carbons (Fsp3) is 0.500. The monoisotopic (exact) mass is 546 g/mol. The van der Waals surface area contributed by atoms with Gasteiger partial charge in [0.05, 0.1) is 25.4 Å². The molecule has 2 aromatic carbocycles. The second-order valence-electron chi connectivity index (χ2n) is 9.27. The molecule has 1 aliphatic rings. The lowest BCUT2D eigenvalue weighted by atomic mass is 10.0. The Morgan fingerprint density at radius 1 is 0.868 bits per heavy atom. The van der Waals surface area contributed by atoms with Gasteiger partial charge in [0.25, 0.3) is 0 Å². The zero-order chi connectivity index (χ0) is 27.2. The van der Waals surface area contributed by atoms with E-state index >= 15 is 0 Å². The summed E-state index contributed by atoms with van der Waals surface area (Å²) in [6, 6.07) is 15.2. The third-order valence-corrected chi connectivity index (χ3v) is 7.38. The van der Waals surface area contributed by atoms with Crippen LogP contribution in [0.25, 0.3) is 0 Å². The molecule has 38 heavy (non-hydrogen) atoms. The number of benzene rings is 2. The normalized spacial score (nSPS) is 19.2. The molecular weight excluding hydrogens is 508 g/mol. The summed E-state index contributed by atoms with van der Waals surface area (Å²) >= 11 is 1.64. The summed E-state index contributed by atoms with van der Waals surface area (Å²) in [7, 11) is 0. The minimum Gasteiger partial charge on any atom is -0.396 e. The molecular formula is C28H38N2O7S. The largest absolute Gasteiger partial charge is 0.396 e. The van der Waals surface area contributed by atoms with E-state index in [4.69, 9.17) is 19.8 Å². The molecule has 208 valence electrons. The van der Waals surface area contributed by atoms with Gasteiger partial charge in [-0.1, -0.05) is 49.2 Å². The van der Waals surface area contributed by atoms with E-state index in [1.54, 1.807) is 17.2 Å². The summed E-state index contributed by atoms with van der Waals surface area (Å²) < 4.78 is 12.6. The standard InChI is InChI=1S/C28H38N2O7S/c31-15-16-38-19-24-17-25(21-9-7-20(18-32)8-10-21)37-28(36-24)22-11-13-23(14-12-22)29-26(33)5-3-1-2-4-6-27(34)30-35/h7-14,24-25,28,31-32,35H,1-6,15-19H2,(H,29,33)(H,30,34)/t24-,25+,28+/m0/s1. The third kappa shape index (κ3) is 10.0. The summed E-state index contributed by atoms with van der Waals surface area (Å²) in [6.45, 7) is 0.117. The van der Waals surface area contributed by atoms with Crippen LogP contribution in [0.3, 0.4) is 0 Å². The fourth-order valence-electron chi connectivity index (χ4n) is 4.23. The van der Waals surface area contributed by atoms with Crippen LogP contribution in [0.15, 0.2) is 48.5 Å². The molecule has 0 aliphatic carbocycles. The maximum Gasteiger partial charge on any atom is 0.243 e. The third-order valence-electron chi connectivity index (χ3n) is 6.30. The Hall–Kier alpha value is -2.47. The minimum atomic E-state index is -0.566. The first-order valence-corrected chi connectivity index (χ1v) is 14.2. The van der Waals surface area contributed by atoms with Gasteiger partial charge in [-0.05, 0) is 36.1 Å². The van der Waals surface area contributed by atoms with Gasteiger partial charge in [-0.15, -0.1) is 0 Å². The second-order valence-corrected chi connectivity index (χ2v) is 10.4. The van der Waals surface area contributed by atoms with Gasteiger partial charge in [-0.2, -0.15) is 11.8 Å². The molecule has 1 aliphatic heterocycles. The average Bonchev–Trinajstić information content (AvgIpc) is 2.95. The van der Waals surface area contributed by atoms with Crippen LogP contribution in [0.2, 0.25) is 0 Å². The quantitative estimate of drug-likeness (QED) is 0.127. The number of rotatable bonds is 15. The van der Waals surface area contributed by atoms with E-state index in [9.17, 15) is 14.7 Å². The van der Waals surface area contributed by atoms with Gasteiger partial charge >= 0.3 is 0 Å². The minimum absolute atomic E-state index is 0.00758. The van der Waals surface area contributed by atoms with Crippen molar-refractivity contribution in [2.75, 3.05) is 23.4 Å². The first kappa shape index (κ1) is 30.1. The van der Waals surface area contributed by atoms with E-state index in [0.29, 0.717) is 30.7 Å². The van der Waals surface area contributed by atoms with Crippen LogP contribution in [0.4, 0.5) is 5.69 Å². The van der Waals surface area contributed by atoms with Crippen LogP contribution in [0, 0.1) is 0 Å². The van der Waals surface area contributed by atoms with Crippen molar-refractivity contribution in [2.24, 2.45) is 0 Å². The zero-order valence-corrected chi connectivity index (χ0v) is 22.3. The molecule has 1 fully saturated rings. The van der Waals surface area contributed by atoms with Crippen LogP contribution in [-0.4, -0.2) is 51.5 Å². The number of amides is 2. The van der Waals surface area contributed by atoms with Crippen molar-refractivity contribution in [1.29, 1.82) is 0 Å². The summed E-state index contributed by atoms with van der Waals surface area (Å²) in [5, 5.41) is 29.9. The van der Waals surface area contributed by atoms with Gasteiger partial charge < -0.3 is 25.0 Å². The molecule has 1 heterocycles. The van der Waals surface area contributed by atoms with E-state index in [2.05, 4.69) is 5.32 Å². The van der Waals surface area contributed by atoms with E-state index in [1.165, 1.54) is 0 Å². The van der Waals surface area contributed by atoms with E-state index < -0.39 is 12.2 Å². The van der Waals surface area contributed by atoms with Crippen LogP contribution in [-0.2, 0) is 25.7 Å². The van der Waals surface area contributed by atoms with Crippen molar-refractivity contribution in [3.05, 3.63) is 65.2 Å². The van der Waals surface area contributed by atoms with Crippen LogP contribution < -0.4 is 10.8 Å². The molecule has 5 N–H and O–H groups in total. The first-order chi connectivity index (χ1) is 18.5. The van der Waals surface area contributed by atoms with Gasteiger partial charge in [-0.25, -0.2) is 5.48 Å². The first-order valence-electron chi connectivity index (χ1n) is 13.0. The van der Waals surface area contributed by atoms with Crippen molar-refractivity contribution in [3.63, 3.8) is 0 Å². The highest BCUT2D eigenvalue weighted by molar-refractivity contribution is 7.99. The number of carbonyl (C=O) groups is 2. The van der Waals surface area contributed by atoms with E-state index in [1.807, 2.05) is 48.5 Å². The Morgan fingerprint density at radius 2 is 1.53 bits per heavy atom. The predicted molar refractivity (Wildman–Crippen MR) is 146 cm³/mol. The number of aliphatic hydroxyl groups excluding tert-OH is 2. The Morgan fingerprint density at radius 3 is 2.16 bits per heavy atom. The van der Waals surface area contributed by atoms with E-state index in [0.717, 1.165) is 41.7 Å². The number of carbonyl (C=O) groups excluding carboxylic acids is 2. The Bertz CT molecular complexity index is 988. The van der Waals surface area contributed by atoms with Crippen molar-refractivity contribution < 1.29 is 34.5 Å². The Kier molecular flexibility index (Phi) is 13.0. The van der Waals surface area contributed by atoms with Crippen LogP contribution >= 0.6 is 11.8 Å². The molecule has 3 rings (SSSR count). The highest BCUT2D eigenvalue weighted by Gasteiger charge is 2.32. The van der Waals surface area contributed by atoms with Crippen molar-refractivity contribution in [2.45, 2.75) is 70.1 Å². The molecule has 3 atom stereocenters. The number of aliphatic hydroxyl groups is 2. The Balaban J connectivity index is 1.53. The Labute approximate surface area is 227 Å². The van der Waals surface area contributed by atoms with Crippen LogP contribution in [0.1, 0.15) is 74.0 Å². The predicted octanol–water partition coefficient (Wildman–Crippen LogP) is 4.23. The lowest BCUT2D eigenvalue weighted by Gasteiger charge is -2.36. The molecule has 10 heteroatoms. The summed E-state index contributed by atoms with van der Waals surface area (Å²) in [6.07, 6.45) is 3.64. The molecule has 1 saturated heterocycles. The number of hydrogen-bond acceptors (Lipinski definition) is 8. The van der Waals surface area contributed by atoms with Gasteiger partial charge in [0.1, 0.15) is 0 Å². The molecule has 2 aromatic rings. The smallest absolute Gasteiger partial charge is 0.243 e. The summed E-state index contributed by atoms with van der Waals surface area (Å²) in [5.74, 6) is 0.937. The summed E-state index contributed by atoms with van der Waals surface area (Å²) in [5.41, 5.74) is 5.03. The van der Waals surface area contributed by atoms with Gasteiger partial charge in [-0.3, -0.25) is 14.8 Å². The highest BCUT2D eigenvalue weighted by Crippen LogP contribution is 2.39. The van der Waals surface area contributed by atoms with Gasteiger partial charge in [0.2, 0.25) is 11.8 Å². The maximum absolute atomic E-state index is 12.3. The molecule has 0 unspecified atom stereocenters. The number of hydroxylamine groups is 1. The summed E-state index contributed by atoms with van der Waals surface area (Å²) in [4.78, 5) is 23.3. The molecule has 2 amide bonds. The van der Waals surface area contributed by atoms with E-state index in [-0.39, 0.29) is 37.7 Å². The van der Waals surface area contributed by atoms with Crippen molar-refractivity contribution in [3.8, 4) is 0 Å². The number of ether oxygens (including phenoxy) is 2. The number of thioether (sulfide) groups is 1. The molecule has 0 saturated carbocycles. The molecule has 0 spiro atoms. The van der Waals surface area contributed by atoms with Crippen LogP contribution in [0.5, 0.6) is 0 Å². The van der Waals surface area contributed by atoms with Gasteiger partial charge in [0.15, 0.2) is 6.29 Å². The van der Waals surface area contributed by atoms with Gasteiger partial charge in [0, 0.05) is 42.0 Å². The fourth-order valence-corrected chi connectivity index (χ4v) is 5.00. The maximum atomic E-state index is 12.3. The SMILES string of the molecule is O=C(CCCCCCC(=O)Nc1ccc([C@@H]2O[C@H](CSCCO)C[C@H](c3ccc(CO)cc3)O2)cc1)NO. The average molecular weight is 547 g/mol. The number of hydrogen-bond donors (Lipinski definition) is 5. The van der Waals surface area contributed by atoms with Crippen molar-refractivity contribution in [1.82, 2.24) is 5.48 Å². The number of nitrogens with one attached hydrogen (secondary N) is 2. The zero-order valence-electron chi connectivity index (χ0n) is 21.5. The van der Waals surface area contributed by atoms with Crippen molar-refractivity contribution >= 4 is 29.3 Å². The lowest BCUT2D eigenvalue weighted by molar-refractivity contribution is -0.245. The molecule has 0 bridgehead atoms.